The summed E-state index contributed by atoms with van der Waals surface area (Å²) in [4.78, 5) is 35.7. The first kappa shape index (κ1) is 15.9. The van der Waals surface area contributed by atoms with Gasteiger partial charge in [-0.2, -0.15) is 0 Å². The van der Waals surface area contributed by atoms with Crippen LogP contribution >= 0.6 is 22.7 Å². The lowest BCUT2D eigenvalue weighted by Gasteiger charge is -2.01. The van der Waals surface area contributed by atoms with Gasteiger partial charge in [-0.05, 0) is 17.5 Å². The lowest BCUT2D eigenvalue weighted by atomic mass is 10.3. The predicted octanol–water partition coefficient (Wildman–Crippen LogP) is 2.84. The average molecular weight is 337 g/mol. The second-order valence-electron chi connectivity index (χ2n) is 3.98. The molecule has 0 spiro atoms. The van der Waals surface area contributed by atoms with E-state index in [2.05, 4.69) is 10.1 Å². The van der Waals surface area contributed by atoms with Crippen molar-refractivity contribution in [3.05, 3.63) is 40.6 Å². The summed E-state index contributed by atoms with van der Waals surface area (Å²) in [7, 11) is 1.28. The molecule has 2 heterocycles. The molecule has 6 nitrogen and oxygen atoms in total. The highest BCUT2D eigenvalue weighted by Gasteiger charge is 2.18. The van der Waals surface area contributed by atoms with Gasteiger partial charge in [-0.1, -0.05) is 6.07 Å². The van der Waals surface area contributed by atoms with E-state index in [4.69, 9.17) is 5.11 Å². The summed E-state index contributed by atoms with van der Waals surface area (Å²) < 4.78 is 4.68. The monoisotopic (exact) mass is 337 g/mol. The quantitative estimate of drug-likeness (QED) is 0.646. The minimum absolute atomic E-state index is 0.350. The summed E-state index contributed by atoms with van der Waals surface area (Å²) in [6.45, 7) is 0. The Bertz CT molecular complexity index is 731. The van der Waals surface area contributed by atoms with Crippen molar-refractivity contribution in [1.29, 1.82) is 0 Å². The molecule has 0 unspecified atom stereocenters. The minimum atomic E-state index is -1.21. The first-order chi connectivity index (χ1) is 10.5. The van der Waals surface area contributed by atoms with Gasteiger partial charge in [-0.3, -0.25) is 4.79 Å². The Morgan fingerprint density at radius 1 is 1.32 bits per heavy atom. The molecule has 0 radical (unpaired) electrons. The third-order valence-electron chi connectivity index (χ3n) is 2.50. The van der Waals surface area contributed by atoms with E-state index in [-0.39, 0.29) is 0 Å². The van der Waals surface area contributed by atoms with Gasteiger partial charge in [-0.25, -0.2) is 9.59 Å². The van der Waals surface area contributed by atoms with Crippen LogP contribution in [0.15, 0.2) is 35.7 Å². The molecule has 0 aliphatic heterocycles. The number of nitrogens with one attached hydrogen (secondary N) is 1. The highest BCUT2D eigenvalue weighted by molar-refractivity contribution is 7.22. The largest absolute Gasteiger partial charge is 0.478 e. The number of hydrogen-bond donors (Lipinski definition) is 2. The lowest BCUT2D eigenvalue weighted by Crippen LogP contribution is -2.08. The molecule has 2 aromatic rings. The fourth-order valence-electron chi connectivity index (χ4n) is 1.60. The lowest BCUT2D eigenvalue weighted by molar-refractivity contribution is -0.131. The first-order valence-corrected chi connectivity index (χ1v) is 7.69. The molecule has 0 atom stereocenters. The number of carbonyl (C=O) groups is 3. The average Bonchev–Trinajstić information content (AvgIpc) is 3.13. The fourth-order valence-corrected chi connectivity index (χ4v) is 3.50. The molecule has 0 fully saturated rings. The Morgan fingerprint density at radius 3 is 2.68 bits per heavy atom. The van der Waals surface area contributed by atoms with Crippen molar-refractivity contribution < 1.29 is 24.2 Å². The summed E-state index contributed by atoms with van der Waals surface area (Å²) in [5.74, 6) is -2.30. The zero-order valence-corrected chi connectivity index (χ0v) is 13.0. The van der Waals surface area contributed by atoms with Crippen LogP contribution in [0.2, 0.25) is 0 Å². The molecule has 0 saturated heterocycles. The van der Waals surface area contributed by atoms with Crippen LogP contribution in [0.25, 0.3) is 9.75 Å². The van der Waals surface area contributed by atoms with Crippen molar-refractivity contribution in [2.24, 2.45) is 0 Å². The van der Waals surface area contributed by atoms with Gasteiger partial charge in [0.25, 0.3) is 0 Å². The maximum atomic E-state index is 11.7. The van der Waals surface area contributed by atoms with Gasteiger partial charge in [0, 0.05) is 17.0 Å². The van der Waals surface area contributed by atoms with E-state index in [9.17, 15) is 14.4 Å². The van der Waals surface area contributed by atoms with Crippen molar-refractivity contribution in [3.63, 3.8) is 0 Å². The highest BCUT2D eigenvalue weighted by atomic mass is 32.1. The Kier molecular flexibility index (Phi) is 5.08. The van der Waals surface area contributed by atoms with E-state index in [1.807, 2.05) is 17.5 Å². The molecule has 0 bridgehead atoms. The van der Waals surface area contributed by atoms with E-state index < -0.39 is 17.8 Å². The number of amides is 1. The summed E-state index contributed by atoms with van der Waals surface area (Å²) >= 11 is 2.66. The normalized spacial score (nSPS) is 10.6. The van der Waals surface area contributed by atoms with Gasteiger partial charge in [0.2, 0.25) is 5.91 Å². The van der Waals surface area contributed by atoms with Crippen LogP contribution < -0.4 is 5.32 Å². The molecular formula is C14H11NO5S2. The molecule has 8 heteroatoms. The number of carboxylic acids is 1. The van der Waals surface area contributed by atoms with Gasteiger partial charge in [0.15, 0.2) is 0 Å². The van der Waals surface area contributed by atoms with Gasteiger partial charge in [0.05, 0.1) is 17.7 Å². The van der Waals surface area contributed by atoms with Crippen LogP contribution in [0.5, 0.6) is 0 Å². The van der Waals surface area contributed by atoms with E-state index in [0.717, 1.165) is 17.0 Å². The maximum absolute atomic E-state index is 11.7. The predicted molar refractivity (Wildman–Crippen MR) is 84.4 cm³/mol. The molecule has 114 valence electrons. The third kappa shape index (κ3) is 3.80. The van der Waals surface area contributed by atoms with Gasteiger partial charge in [-0.15, -0.1) is 22.7 Å². The Balaban J connectivity index is 2.32. The number of aliphatic carboxylic acids is 1. The van der Waals surface area contributed by atoms with Crippen LogP contribution in [0.4, 0.5) is 5.69 Å². The smallest absolute Gasteiger partial charge is 0.348 e. The van der Waals surface area contributed by atoms with Gasteiger partial charge < -0.3 is 15.2 Å². The topological polar surface area (TPSA) is 92.7 Å². The van der Waals surface area contributed by atoms with Crippen molar-refractivity contribution in [3.8, 4) is 9.75 Å². The molecule has 22 heavy (non-hydrogen) atoms. The number of ether oxygens (including phenoxy) is 1. The molecule has 2 N–H and O–H groups in total. The van der Waals surface area contributed by atoms with E-state index in [1.54, 1.807) is 0 Å². The summed E-state index contributed by atoms with van der Waals surface area (Å²) in [6.07, 6.45) is 1.66. The maximum Gasteiger partial charge on any atom is 0.348 e. The number of hydrogen-bond acceptors (Lipinski definition) is 6. The summed E-state index contributed by atoms with van der Waals surface area (Å²) in [6, 6.07) is 5.23. The highest BCUT2D eigenvalue weighted by Crippen LogP contribution is 2.39. The zero-order valence-electron chi connectivity index (χ0n) is 11.4. The number of carboxylic acid groups (broad SMARTS) is 1. The number of esters is 1. The molecule has 0 aromatic carbocycles. The van der Waals surface area contributed by atoms with Crippen molar-refractivity contribution in [1.82, 2.24) is 0 Å². The van der Waals surface area contributed by atoms with Crippen molar-refractivity contribution in [2.75, 3.05) is 12.4 Å². The van der Waals surface area contributed by atoms with E-state index in [1.165, 1.54) is 35.8 Å². The molecule has 0 aliphatic carbocycles. The van der Waals surface area contributed by atoms with Gasteiger partial charge in [0.1, 0.15) is 4.88 Å². The van der Waals surface area contributed by atoms with Crippen molar-refractivity contribution >= 4 is 46.2 Å². The number of anilines is 1. The van der Waals surface area contributed by atoms with E-state index in [0.29, 0.717) is 15.4 Å². The Morgan fingerprint density at radius 2 is 2.09 bits per heavy atom. The van der Waals surface area contributed by atoms with Crippen LogP contribution in [-0.2, 0) is 14.3 Å². The SMILES string of the molecule is COC(=O)c1cc(NC(=O)/C=C/C(=O)O)c(-c2cccs2)s1. The summed E-state index contributed by atoms with van der Waals surface area (Å²) in [5, 5.41) is 13.0. The molecule has 0 aliphatic rings. The molecule has 1 amide bonds. The second-order valence-corrected chi connectivity index (χ2v) is 5.98. The molecule has 0 saturated carbocycles. The standard InChI is InChI=1S/C14H11NO5S2/c1-20-14(19)10-7-8(15-11(16)4-5-12(17)18)13(22-10)9-3-2-6-21-9/h2-7H,1H3,(H,15,16)(H,17,18)/b5-4+. The number of carbonyl (C=O) groups excluding carboxylic acids is 2. The van der Waals surface area contributed by atoms with Crippen LogP contribution in [0.1, 0.15) is 9.67 Å². The van der Waals surface area contributed by atoms with E-state index >= 15 is 0 Å². The Hall–Kier alpha value is -2.45. The first-order valence-electron chi connectivity index (χ1n) is 5.99. The number of rotatable bonds is 5. The zero-order chi connectivity index (χ0) is 16.1. The van der Waals surface area contributed by atoms with Crippen LogP contribution in [0.3, 0.4) is 0 Å². The molecule has 2 aromatic heterocycles. The fraction of sp³-hybridized carbons (Fsp3) is 0.0714. The Labute approximate surface area is 133 Å². The third-order valence-corrected chi connectivity index (χ3v) is 4.66. The van der Waals surface area contributed by atoms with Crippen LogP contribution in [0, 0.1) is 0 Å². The second kappa shape index (κ2) is 7.01. The van der Waals surface area contributed by atoms with Crippen LogP contribution in [-0.4, -0.2) is 30.1 Å². The summed E-state index contributed by atoms with van der Waals surface area (Å²) in [5.41, 5.74) is 0.438. The van der Waals surface area contributed by atoms with Gasteiger partial charge >= 0.3 is 11.9 Å². The molecular weight excluding hydrogens is 326 g/mol. The number of thiophene rings is 2. The molecule has 2 rings (SSSR count). The number of methoxy groups -OCH3 is 1. The minimum Gasteiger partial charge on any atom is -0.478 e. The van der Waals surface area contributed by atoms with Crippen molar-refractivity contribution in [2.45, 2.75) is 0 Å².